The van der Waals surface area contributed by atoms with E-state index in [0.29, 0.717) is 21.8 Å². The number of hydrogen-bond donors (Lipinski definition) is 2. The highest BCUT2D eigenvalue weighted by molar-refractivity contribution is 7.99. The van der Waals surface area contributed by atoms with Crippen LogP contribution in [0.15, 0.2) is 53.4 Å². The number of thioether (sulfide) groups is 1. The number of thiocarbonyl (C=S) groups is 1. The Morgan fingerprint density at radius 3 is 2.62 bits per heavy atom. The Labute approximate surface area is 150 Å². The van der Waals surface area contributed by atoms with E-state index in [4.69, 9.17) is 12.2 Å². The van der Waals surface area contributed by atoms with Crippen LogP contribution in [0.4, 0.5) is 14.5 Å². The van der Waals surface area contributed by atoms with Crippen molar-refractivity contribution >= 4 is 34.8 Å². The number of benzene rings is 2. The van der Waals surface area contributed by atoms with Crippen molar-refractivity contribution < 1.29 is 8.78 Å². The second-order valence-corrected chi connectivity index (χ2v) is 7.12. The van der Waals surface area contributed by atoms with Gasteiger partial charge in [-0.3, -0.25) is 0 Å². The molecular weight excluding hydrogens is 346 g/mol. The Hall–Kier alpha value is -1.66. The molecule has 0 unspecified atom stereocenters. The molecule has 0 aliphatic heterocycles. The van der Waals surface area contributed by atoms with Crippen LogP contribution >= 0.6 is 24.0 Å². The molecule has 2 aromatic rings. The smallest absolute Gasteiger partial charge is 0.288 e. The van der Waals surface area contributed by atoms with Gasteiger partial charge >= 0.3 is 0 Å². The van der Waals surface area contributed by atoms with Crippen molar-refractivity contribution in [3.8, 4) is 0 Å². The zero-order valence-corrected chi connectivity index (χ0v) is 14.6. The molecule has 2 aromatic carbocycles. The summed E-state index contributed by atoms with van der Waals surface area (Å²) >= 11 is 5.94. The van der Waals surface area contributed by atoms with Crippen LogP contribution in [0, 0.1) is 0 Å². The summed E-state index contributed by atoms with van der Waals surface area (Å²) in [7, 11) is 0. The standard InChI is InChI=1S/C18H18F2N2S2/c19-17(20)24-14-10-8-13(9-11-14)21-18(23)22-16-7-3-5-12-4-1-2-6-15(12)16/h1-2,4,6,8-11,16-17H,3,5,7H2,(H2,21,22,23)/t16-/m0/s1. The summed E-state index contributed by atoms with van der Waals surface area (Å²) in [6, 6.07) is 15.5. The van der Waals surface area contributed by atoms with Crippen LogP contribution in [0.1, 0.15) is 30.0 Å². The van der Waals surface area contributed by atoms with E-state index in [1.807, 2.05) is 0 Å². The van der Waals surface area contributed by atoms with E-state index in [1.54, 1.807) is 24.3 Å². The largest absolute Gasteiger partial charge is 0.356 e. The number of alkyl halides is 2. The molecule has 1 atom stereocenters. The van der Waals surface area contributed by atoms with Crippen LogP contribution in [0.3, 0.4) is 0 Å². The Morgan fingerprint density at radius 2 is 1.88 bits per heavy atom. The van der Waals surface area contributed by atoms with E-state index in [2.05, 4.69) is 34.9 Å². The lowest BCUT2D eigenvalue weighted by Crippen LogP contribution is -2.34. The summed E-state index contributed by atoms with van der Waals surface area (Å²) in [5.41, 5.74) is 3.46. The molecule has 0 fully saturated rings. The molecule has 2 nitrogen and oxygen atoms in total. The van der Waals surface area contributed by atoms with Crippen molar-refractivity contribution in [2.45, 2.75) is 36.0 Å². The number of anilines is 1. The Balaban J connectivity index is 1.60. The molecule has 0 radical (unpaired) electrons. The van der Waals surface area contributed by atoms with Gasteiger partial charge in [0.15, 0.2) is 5.11 Å². The lowest BCUT2D eigenvalue weighted by atomic mass is 9.88. The zero-order valence-electron chi connectivity index (χ0n) is 13.0. The second kappa shape index (κ2) is 7.94. The SMILES string of the molecule is FC(F)Sc1ccc(NC(=S)N[C@H]2CCCc3ccccc32)cc1. The molecule has 2 N–H and O–H groups in total. The molecule has 0 saturated heterocycles. The predicted molar refractivity (Wildman–Crippen MR) is 99.8 cm³/mol. The van der Waals surface area contributed by atoms with Gasteiger partial charge in [0.1, 0.15) is 0 Å². The molecule has 3 rings (SSSR count). The van der Waals surface area contributed by atoms with Crippen LogP contribution < -0.4 is 10.6 Å². The fourth-order valence-corrected chi connectivity index (χ4v) is 3.71. The van der Waals surface area contributed by atoms with Crippen molar-refractivity contribution in [3.63, 3.8) is 0 Å². The molecule has 0 aromatic heterocycles. The molecule has 24 heavy (non-hydrogen) atoms. The maximum Gasteiger partial charge on any atom is 0.288 e. The predicted octanol–water partition coefficient (Wildman–Crippen LogP) is 5.37. The maximum atomic E-state index is 12.3. The van der Waals surface area contributed by atoms with Gasteiger partial charge in [-0.1, -0.05) is 36.0 Å². The van der Waals surface area contributed by atoms with Crippen molar-refractivity contribution in [3.05, 3.63) is 59.7 Å². The van der Waals surface area contributed by atoms with Crippen LogP contribution in [0.2, 0.25) is 0 Å². The fourth-order valence-electron chi connectivity index (χ4n) is 2.95. The Kier molecular flexibility index (Phi) is 5.68. The van der Waals surface area contributed by atoms with Crippen LogP contribution in [-0.4, -0.2) is 10.9 Å². The molecule has 0 amide bonds. The molecule has 6 heteroatoms. The van der Waals surface area contributed by atoms with Crippen LogP contribution in [0.25, 0.3) is 0 Å². The van der Waals surface area contributed by atoms with E-state index in [1.165, 1.54) is 11.1 Å². The minimum Gasteiger partial charge on any atom is -0.356 e. The Morgan fingerprint density at radius 1 is 1.12 bits per heavy atom. The quantitative estimate of drug-likeness (QED) is 0.563. The first-order valence-corrected chi connectivity index (χ1v) is 9.11. The lowest BCUT2D eigenvalue weighted by Gasteiger charge is -2.27. The molecule has 1 aliphatic rings. The lowest BCUT2D eigenvalue weighted by molar-refractivity contribution is 0.252. The van der Waals surface area contributed by atoms with Gasteiger partial charge in [0.2, 0.25) is 0 Å². The zero-order chi connectivity index (χ0) is 16.9. The number of aryl methyl sites for hydroxylation is 1. The fraction of sp³-hybridized carbons (Fsp3) is 0.278. The van der Waals surface area contributed by atoms with E-state index in [0.717, 1.165) is 24.9 Å². The third-order valence-electron chi connectivity index (χ3n) is 4.01. The van der Waals surface area contributed by atoms with Crippen molar-refractivity contribution in [2.24, 2.45) is 0 Å². The van der Waals surface area contributed by atoms with Gasteiger partial charge in [0.25, 0.3) is 5.76 Å². The topological polar surface area (TPSA) is 24.1 Å². The third-order valence-corrected chi connectivity index (χ3v) is 4.95. The summed E-state index contributed by atoms with van der Waals surface area (Å²) in [6.45, 7) is 0. The summed E-state index contributed by atoms with van der Waals surface area (Å²) in [5.74, 6) is -2.40. The molecule has 1 aliphatic carbocycles. The second-order valence-electron chi connectivity index (χ2n) is 5.64. The number of rotatable bonds is 4. The summed E-state index contributed by atoms with van der Waals surface area (Å²) in [5, 5.41) is 7.04. The van der Waals surface area contributed by atoms with Gasteiger partial charge in [-0.2, -0.15) is 8.78 Å². The summed E-state index contributed by atoms with van der Waals surface area (Å²) in [6.07, 6.45) is 3.29. The first-order chi connectivity index (χ1) is 11.6. The van der Waals surface area contributed by atoms with E-state index < -0.39 is 5.76 Å². The number of fused-ring (bicyclic) bond motifs is 1. The third kappa shape index (κ3) is 4.45. The number of halogens is 2. The normalized spacial score (nSPS) is 16.5. The average Bonchev–Trinajstić information content (AvgIpc) is 2.56. The number of hydrogen-bond acceptors (Lipinski definition) is 2. The Bertz CT molecular complexity index is 704. The maximum absolute atomic E-state index is 12.3. The van der Waals surface area contributed by atoms with E-state index in [-0.39, 0.29) is 6.04 Å². The average molecular weight is 364 g/mol. The minimum absolute atomic E-state index is 0.212. The van der Waals surface area contributed by atoms with Gasteiger partial charge < -0.3 is 10.6 Å². The minimum atomic E-state index is -2.40. The van der Waals surface area contributed by atoms with Gasteiger partial charge in [-0.15, -0.1) is 0 Å². The van der Waals surface area contributed by atoms with Gasteiger partial charge in [0.05, 0.1) is 6.04 Å². The summed E-state index contributed by atoms with van der Waals surface area (Å²) in [4.78, 5) is 0.538. The van der Waals surface area contributed by atoms with Crippen LogP contribution in [0.5, 0.6) is 0 Å². The van der Waals surface area contributed by atoms with Crippen molar-refractivity contribution in [1.82, 2.24) is 5.32 Å². The monoisotopic (exact) mass is 364 g/mol. The molecule has 0 spiro atoms. The number of nitrogens with one attached hydrogen (secondary N) is 2. The van der Waals surface area contributed by atoms with Crippen molar-refractivity contribution in [1.29, 1.82) is 0 Å². The summed E-state index contributed by atoms with van der Waals surface area (Å²) < 4.78 is 24.7. The van der Waals surface area contributed by atoms with Gasteiger partial charge in [-0.25, -0.2) is 0 Å². The first kappa shape index (κ1) is 17.2. The molecule has 126 valence electrons. The molecular formula is C18H18F2N2S2. The van der Waals surface area contributed by atoms with Crippen LogP contribution in [-0.2, 0) is 6.42 Å². The molecule has 0 saturated carbocycles. The molecule has 0 bridgehead atoms. The van der Waals surface area contributed by atoms with E-state index >= 15 is 0 Å². The highest BCUT2D eigenvalue weighted by Crippen LogP contribution is 2.30. The van der Waals surface area contributed by atoms with Gasteiger partial charge in [0, 0.05) is 10.6 Å². The molecule has 0 heterocycles. The van der Waals surface area contributed by atoms with Crippen molar-refractivity contribution in [2.75, 3.05) is 5.32 Å². The van der Waals surface area contributed by atoms with Gasteiger partial charge in [-0.05, 0) is 66.9 Å². The highest BCUT2D eigenvalue weighted by Gasteiger charge is 2.20. The first-order valence-electron chi connectivity index (χ1n) is 7.82. The highest BCUT2D eigenvalue weighted by atomic mass is 32.2. The van der Waals surface area contributed by atoms with E-state index in [9.17, 15) is 8.78 Å².